The summed E-state index contributed by atoms with van der Waals surface area (Å²) < 4.78 is 0. The van der Waals surface area contributed by atoms with E-state index in [1.54, 1.807) is 0 Å². The Morgan fingerprint density at radius 2 is 1.00 bits per heavy atom. The fourth-order valence-electron chi connectivity index (χ4n) is 1.80. The van der Waals surface area contributed by atoms with E-state index in [2.05, 4.69) is 36.1 Å². The molecule has 0 aliphatic rings. The second-order valence-electron chi connectivity index (χ2n) is 4.19. The zero-order valence-corrected chi connectivity index (χ0v) is 12.0. The minimum Gasteiger partial charge on any atom is -0.295 e. The van der Waals surface area contributed by atoms with E-state index in [0.717, 1.165) is 39.3 Å². The molecule has 0 unspecified atom stereocenters. The van der Waals surface area contributed by atoms with Gasteiger partial charge in [-0.3, -0.25) is 9.80 Å². The van der Waals surface area contributed by atoms with Crippen molar-refractivity contribution in [2.24, 2.45) is 0 Å². The lowest BCUT2D eigenvalue weighted by atomic mass is 10.3. The fourth-order valence-corrected chi connectivity index (χ4v) is 2.19. The van der Waals surface area contributed by atoms with Crippen molar-refractivity contribution in [3.8, 4) is 0 Å². The number of nitrogens with zero attached hydrogens (tertiary/aromatic N) is 2. The van der Waals surface area contributed by atoms with Crippen LogP contribution in [0, 0.1) is 0 Å². The molecule has 0 aromatic carbocycles. The van der Waals surface area contributed by atoms with E-state index in [1.807, 2.05) is 24.3 Å². The summed E-state index contributed by atoms with van der Waals surface area (Å²) in [4.78, 5) is 4.44. The van der Waals surface area contributed by atoms with Crippen molar-refractivity contribution < 1.29 is 0 Å². The molecule has 2 nitrogen and oxygen atoms in total. The predicted octanol–water partition coefficient (Wildman–Crippen LogP) is 2.94. The number of alkyl halides is 1. The zero-order chi connectivity index (χ0) is 13.8. The Hall–Kier alpha value is -0.830. The van der Waals surface area contributed by atoms with Crippen LogP contribution in [0.25, 0.3) is 0 Å². The lowest BCUT2D eigenvalue weighted by molar-refractivity contribution is 0.281. The average molecular weight is 269 g/mol. The van der Waals surface area contributed by atoms with Gasteiger partial charge in [0.05, 0.1) is 5.38 Å². The summed E-state index contributed by atoms with van der Waals surface area (Å²) in [7, 11) is 0. The molecule has 0 saturated carbocycles. The van der Waals surface area contributed by atoms with E-state index in [9.17, 15) is 0 Å². The van der Waals surface area contributed by atoms with Crippen molar-refractivity contribution in [3.05, 3.63) is 50.6 Å². The van der Waals surface area contributed by atoms with E-state index < -0.39 is 0 Å². The molecular weight excluding hydrogens is 244 g/mol. The number of rotatable bonds is 12. The predicted molar refractivity (Wildman–Crippen MR) is 83.3 cm³/mol. The van der Waals surface area contributed by atoms with Gasteiger partial charge in [-0.2, -0.15) is 0 Å². The minimum atomic E-state index is 0.0739. The quantitative estimate of drug-likeness (QED) is 0.397. The van der Waals surface area contributed by atoms with Crippen LogP contribution in [0.1, 0.15) is 0 Å². The maximum absolute atomic E-state index is 6.39. The van der Waals surface area contributed by atoms with Crippen LogP contribution in [-0.2, 0) is 0 Å². The van der Waals surface area contributed by atoms with Gasteiger partial charge < -0.3 is 0 Å². The first-order chi connectivity index (χ1) is 8.67. The smallest absolute Gasteiger partial charge is 0.0590 e. The van der Waals surface area contributed by atoms with Crippen LogP contribution in [0.4, 0.5) is 0 Å². The highest BCUT2D eigenvalue weighted by molar-refractivity contribution is 6.21. The van der Waals surface area contributed by atoms with Crippen LogP contribution >= 0.6 is 11.6 Å². The van der Waals surface area contributed by atoms with Crippen molar-refractivity contribution in [2.75, 3.05) is 39.3 Å². The van der Waals surface area contributed by atoms with Crippen molar-refractivity contribution in [1.82, 2.24) is 9.80 Å². The lowest BCUT2D eigenvalue weighted by Crippen LogP contribution is -2.38. The van der Waals surface area contributed by atoms with Crippen LogP contribution in [0.3, 0.4) is 0 Å². The molecular formula is C15H25ClN2. The summed E-state index contributed by atoms with van der Waals surface area (Å²) in [6.45, 7) is 20.0. The maximum Gasteiger partial charge on any atom is 0.0590 e. The summed E-state index contributed by atoms with van der Waals surface area (Å²) in [5, 5.41) is 0.0739. The van der Waals surface area contributed by atoms with Crippen LogP contribution < -0.4 is 0 Å². The molecule has 102 valence electrons. The molecule has 0 aliphatic carbocycles. The molecule has 0 spiro atoms. The summed E-state index contributed by atoms with van der Waals surface area (Å²) in [5.41, 5.74) is 0. The van der Waals surface area contributed by atoms with E-state index in [0.29, 0.717) is 0 Å². The molecule has 18 heavy (non-hydrogen) atoms. The Bertz CT molecular complexity index is 217. The standard InChI is InChI=1S/C15H25ClN2/c1-5-9-17(10-6-2)13-15(16)14-18(11-7-3)12-8-4/h5-8,15H,1-4,9-14H2. The first-order valence-corrected chi connectivity index (χ1v) is 6.63. The van der Waals surface area contributed by atoms with Gasteiger partial charge in [-0.05, 0) is 0 Å². The molecule has 0 amide bonds. The molecule has 0 aromatic rings. The van der Waals surface area contributed by atoms with Gasteiger partial charge >= 0.3 is 0 Å². The Morgan fingerprint density at radius 3 is 1.22 bits per heavy atom. The lowest BCUT2D eigenvalue weighted by Gasteiger charge is -2.26. The molecule has 0 aromatic heterocycles. The third-order valence-electron chi connectivity index (χ3n) is 2.46. The van der Waals surface area contributed by atoms with Gasteiger partial charge in [0.1, 0.15) is 0 Å². The Kier molecular flexibility index (Phi) is 10.8. The van der Waals surface area contributed by atoms with Crippen LogP contribution in [0.2, 0.25) is 0 Å². The molecule has 0 aliphatic heterocycles. The summed E-state index contributed by atoms with van der Waals surface area (Å²) in [6, 6.07) is 0. The number of hydrogen-bond acceptors (Lipinski definition) is 2. The topological polar surface area (TPSA) is 6.48 Å². The molecule has 0 fully saturated rings. The molecule has 0 atom stereocenters. The molecule has 0 saturated heterocycles. The zero-order valence-electron chi connectivity index (χ0n) is 11.2. The van der Waals surface area contributed by atoms with Gasteiger partial charge in [-0.1, -0.05) is 24.3 Å². The summed E-state index contributed by atoms with van der Waals surface area (Å²) in [5.74, 6) is 0. The Labute approximate surface area is 117 Å². The summed E-state index contributed by atoms with van der Waals surface area (Å²) >= 11 is 6.39. The molecule has 0 N–H and O–H groups in total. The van der Waals surface area contributed by atoms with Gasteiger partial charge in [0.2, 0.25) is 0 Å². The van der Waals surface area contributed by atoms with Gasteiger partial charge in [0, 0.05) is 39.3 Å². The van der Waals surface area contributed by atoms with Crippen LogP contribution in [-0.4, -0.2) is 54.4 Å². The van der Waals surface area contributed by atoms with Crippen LogP contribution in [0.5, 0.6) is 0 Å². The van der Waals surface area contributed by atoms with Crippen LogP contribution in [0.15, 0.2) is 50.6 Å². The van der Waals surface area contributed by atoms with Crippen molar-refractivity contribution in [3.63, 3.8) is 0 Å². The van der Waals surface area contributed by atoms with Gasteiger partial charge in [-0.25, -0.2) is 0 Å². The van der Waals surface area contributed by atoms with Crippen molar-refractivity contribution in [1.29, 1.82) is 0 Å². The first-order valence-electron chi connectivity index (χ1n) is 6.20. The molecule has 0 radical (unpaired) electrons. The second kappa shape index (κ2) is 11.3. The van der Waals surface area contributed by atoms with Gasteiger partial charge in [0.15, 0.2) is 0 Å². The molecule has 3 heteroatoms. The highest BCUT2D eigenvalue weighted by Gasteiger charge is 2.13. The highest BCUT2D eigenvalue weighted by Crippen LogP contribution is 2.04. The Balaban J connectivity index is 4.20. The van der Waals surface area contributed by atoms with Gasteiger partial charge in [-0.15, -0.1) is 37.9 Å². The van der Waals surface area contributed by atoms with E-state index >= 15 is 0 Å². The number of hydrogen-bond donors (Lipinski definition) is 0. The fraction of sp³-hybridized carbons (Fsp3) is 0.467. The largest absolute Gasteiger partial charge is 0.295 e. The highest BCUT2D eigenvalue weighted by atomic mass is 35.5. The third-order valence-corrected chi connectivity index (χ3v) is 2.74. The first kappa shape index (κ1) is 17.2. The molecule has 0 heterocycles. The normalized spacial score (nSPS) is 10.9. The van der Waals surface area contributed by atoms with E-state index in [-0.39, 0.29) is 5.38 Å². The average Bonchev–Trinajstić information content (AvgIpc) is 2.30. The van der Waals surface area contributed by atoms with E-state index in [4.69, 9.17) is 11.6 Å². The minimum absolute atomic E-state index is 0.0739. The maximum atomic E-state index is 6.39. The number of halogens is 1. The molecule has 0 bridgehead atoms. The van der Waals surface area contributed by atoms with Crippen molar-refractivity contribution in [2.45, 2.75) is 5.38 Å². The monoisotopic (exact) mass is 268 g/mol. The summed E-state index contributed by atoms with van der Waals surface area (Å²) in [6.07, 6.45) is 7.55. The van der Waals surface area contributed by atoms with E-state index in [1.165, 1.54) is 0 Å². The van der Waals surface area contributed by atoms with Gasteiger partial charge in [0.25, 0.3) is 0 Å². The van der Waals surface area contributed by atoms with Crippen molar-refractivity contribution >= 4 is 11.6 Å². The molecule has 0 rings (SSSR count). The third kappa shape index (κ3) is 8.29. The second-order valence-corrected chi connectivity index (χ2v) is 4.81. The SMILES string of the molecule is C=CCN(CC=C)CC(Cl)CN(CC=C)CC=C. The Morgan fingerprint density at radius 1 is 0.722 bits per heavy atom.